The first kappa shape index (κ1) is 15.2. The van der Waals surface area contributed by atoms with Crippen molar-refractivity contribution < 1.29 is 4.79 Å². The van der Waals surface area contributed by atoms with Crippen LogP contribution >= 0.6 is 0 Å². The molecule has 1 aromatic carbocycles. The molecule has 20 heavy (non-hydrogen) atoms. The third-order valence-corrected chi connectivity index (χ3v) is 4.21. The second-order valence-corrected chi connectivity index (χ2v) is 5.98. The predicted molar refractivity (Wildman–Crippen MR) is 82.9 cm³/mol. The number of hydrogen-bond acceptors (Lipinski definition) is 3. The summed E-state index contributed by atoms with van der Waals surface area (Å²) in [6.45, 7) is 3.19. The van der Waals surface area contributed by atoms with E-state index < -0.39 is 0 Å². The molecule has 0 aromatic heterocycles. The lowest BCUT2D eigenvalue weighted by atomic mass is 10.0. The molecule has 3 heteroatoms. The van der Waals surface area contributed by atoms with Crippen LogP contribution in [0.25, 0.3) is 0 Å². The van der Waals surface area contributed by atoms with Gasteiger partial charge in [-0.25, -0.2) is 0 Å². The summed E-state index contributed by atoms with van der Waals surface area (Å²) in [4.78, 5) is 16.8. The van der Waals surface area contributed by atoms with Crippen molar-refractivity contribution in [2.75, 3.05) is 33.7 Å². The smallest absolute Gasteiger partial charge is 0.134 e. The van der Waals surface area contributed by atoms with Crippen LogP contribution in [0.4, 0.5) is 0 Å². The van der Waals surface area contributed by atoms with Crippen LogP contribution < -0.4 is 0 Å². The van der Waals surface area contributed by atoms with Crippen molar-refractivity contribution >= 4 is 5.78 Å². The first-order valence-electron chi connectivity index (χ1n) is 7.59. The van der Waals surface area contributed by atoms with E-state index in [1.54, 1.807) is 0 Å². The van der Waals surface area contributed by atoms with Gasteiger partial charge in [-0.15, -0.1) is 0 Å². The van der Waals surface area contributed by atoms with Crippen LogP contribution in [0.15, 0.2) is 30.3 Å². The van der Waals surface area contributed by atoms with Gasteiger partial charge in [0.1, 0.15) is 5.78 Å². The van der Waals surface area contributed by atoms with Crippen LogP contribution in [0.3, 0.4) is 0 Å². The molecule has 0 amide bonds. The highest BCUT2D eigenvalue weighted by Gasteiger charge is 2.23. The topological polar surface area (TPSA) is 23.6 Å². The molecule has 1 aliphatic heterocycles. The molecular weight excluding hydrogens is 248 g/mol. The Morgan fingerprint density at radius 1 is 1.20 bits per heavy atom. The minimum atomic E-state index is 0.401. The van der Waals surface area contributed by atoms with Crippen molar-refractivity contribution in [3.8, 4) is 0 Å². The normalized spacial score (nSPS) is 21.0. The first-order valence-corrected chi connectivity index (χ1v) is 7.59. The second kappa shape index (κ2) is 7.55. The van der Waals surface area contributed by atoms with E-state index >= 15 is 0 Å². The quantitative estimate of drug-likeness (QED) is 0.794. The summed E-state index contributed by atoms with van der Waals surface area (Å²) in [5, 5.41) is 0. The molecule has 0 spiro atoms. The fourth-order valence-electron chi connectivity index (χ4n) is 2.82. The highest BCUT2D eigenvalue weighted by atomic mass is 16.1. The molecule has 0 radical (unpaired) electrons. The van der Waals surface area contributed by atoms with Gasteiger partial charge in [0.15, 0.2) is 0 Å². The van der Waals surface area contributed by atoms with Gasteiger partial charge in [0, 0.05) is 38.5 Å². The van der Waals surface area contributed by atoms with Crippen molar-refractivity contribution in [3.05, 3.63) is 35.9 Å². The van der Waals surface area contributed by atoms with E-state index in [1.165, 1.54) is 5.56 Å². The molecule has 0 saturated carbocycles. The summed E-state index contributed by atoms with van der Waals surface area (Å²) in [6, 6.07) is 10.8. The molecule has 0 N–H and O–H groups in total. The lowest BCUT2D eigenvalue weighted by molar-refractivity contribution is -0.120. The summed E-state index contributed by atoms with van der Waals surface area (Å²) in [5.74, 6) is 0.410. The number of rotatable bonds is 6. The van der Waals surface area contributed by atoms with Gasteiger partial charge in [0.05, 0.1) is 0 Å². The highest BCUT2D eigenvalue weighted by molar-refractivity contribution is 5.79. The van der Waals surface area contributed by atoms with E-state index in [1.807, 2.05) is 6.07 Å². The summed E-state index contributed by atoms with van der Waals surface area (Å²) >= 11 is 0. The first-order chi connectivity index (χ1) is 9.65. The van der Waals surface area contributed by atoms with Crippen LogP contribution in [0.2, 0.25) is 0 Å². The number of nitrogens with zero attached hydrogens (tertiary/aromatic N) is 2. The van der Waals surface area contributed by atoms with Gasteiger partial charge < -0.3 is 9.80 Å². The largest absolute Gasteiger partial charge is 0.304 e. The standard InChI is InChI=1S/C17H26N2O/c1-18-11-12-19(2)16(14-18)13-17(20)10-6-9-15-7-4-3-5-8-15/h3-5,7-8,16H,6,9-14H2,1-2H3. The maximum Gasteiger partial charge on any atom is 0.134 e. The Hall–Kier alpha value is -1.19. The number of ketones is 1. The molecule has 110 valence electrons. The average Bonchev–Trinajstić information content (AvgIpc) is 2.44. The van der Waals surface area contributed by atoms with Crippen LogP contribution in [0, 0.1) is 0 Å². The Balaban J connectivity index is 1.70. The molecule has 1 heterocycles. The van der Waals surface area contributed by atoms with Crippen molar-refractivity contribution in [3.63, 3.8) is 0 Å². The van der Waals surface area contributed by atoms with Crippen molar-refractivity contribution in [2.45, 2.75) is 31.7 Å². The van der Waals surface area contributed by atoms with Gasteiger partial charge >= 0.3 is 0 Å². The molecule has 0 bridgehead atoms. The number of likely N-dealkylation sites (N-methyl/N-ethyl adjacent to an activating group) is 2. The van der Waals surface area contributed by atoms with Crippen molar-refractivity contribution in [2.24, 2.45) is 0 Å². The second-order valence-electron chi connectivity index (χ2n) is 5.98. The van der Waals surface area contributed by atoms with Gasteiger partial charge in [0.2, 0.25) is 0 Å². The van der Waals surface area contributed by atoms with Gasteiger partial charge in [0.25, 0.3) is 0 Å². The number of hydrogen-bond donors (Lipinski definition) is 0. The maximum atomic E-state index is 12.1. The van der Waals surface area contributed by atoms with Gasteiger partial charge in [-0.05, 0) is 32.5 Å². The number of carbonyl (C=O) groups is 1. The minimum absolute atomic E-state index is 0.401. The zero-order chi connectivity index (χ0) is 14.4. The summed E-state index contributed by atoms with van der Waals surface area (Å²) in [5.41, 5.74) is 1.33. The van der Waals surface area contributed by atoms with Gasteiger partial charge in [-0.2, -0.15) is 0 Å². The molecular formula is C17H26N2O. The molecule has 1 aliphatic rings. The van der Waals surface area contributed by atoms with Crippen LogP contribution in [-0.4, -0.2) is 55.4 Å². The molecule has 3 nitrogen and oxygen atoms in total. The van der Waals surface area contributed by atoms with E-state index in [2.05, 4.69) is 48.2 Å². The molecule has 1 saturated heterocycles. The SMILES string of the molecule is CN1CCN(C)C(CC(=O)CCCc2ccccc2)C1. The van der Waals surface area contributed by atoms with E-state index in [-0.39, 0.29) is 0 Å². The zero-order valence-electron chi connectivity index (χ0n) is 12.7. The van der Waals surface area contributed by atoms with E-state index in [9.17, 15) is 4.79 Å². The molecule has 0 aliphatic carbocycles. The lowest BCUT2D eigenvalue weighted by Gasteiger charge is -2.37. The zero-order valence-corrected chi connectivity index (χ0v) is 12.7. The van der Waals surface area contributed by atoms with Crippen molar-refractivity contribution in [1.29, 1.82) is 0 Å². The number of Topliss-reactive ketones (excluding diaryl/α,β-unsaturated/α-hetero) is 1. The molecule has 1 aromatic rings. The highest BCUT2D eigenvalue weighted by Crippen LogP contribution is 2.12. The Bertz CT molecular complexity index is 418. The molecule has 1 unspecified atom stereocenters. The monoisotopic (exact) mass is 274 g/mol. The summed E-state index contributed by atoms with van der Waals surface area (Å²) in [7, 11) is 4.27. The van der Waals surface area contributed by atoms with Crippen LogP contribution in [0.1, 0.15) is 24.8 Å². The van der Waals surface area contributed by atoms with Crippen LogP contribution in [0.5, 0.6) is 0 Å². The predicted octanol–water partition coefficient (Wildman–Crippen LogP) is 2.21. The Labute approximate surface area is 122 Å². The lowest BCUT2D eigenvalue weighted by Crippen LogP contribution is -2.50. The molecule has 2 rings (SSSR count). The third-order valence-electron chi connectivity index (χ3n) is 4.21. The maximum absolute atomic E-state index is 12.1. The minimum Gasteiger partial charge on any atom is -0.304 e. The Morgan fingerprint density at radius 2 is 1.95 bits per heavy atom. The average molecular weight is 274 g/mol. The fraction of sp³-hybridized carbons (Fsp3) is 0.588. The van der Waals surface area contributed by atoms with Crippen molar-refractivity contribution in [1.82, 2.24) is 9.80 Å². The fourth-order valence-corrected chi connectivity index (χ4v) is 2.82. The molecule has 1 atom stereocenters. The summed E-state index contributed by atoms with van der Waals surface area (Å²) in [6.07, 6.45) is 3.39. The Kier molecular flexibility index (Phi) is 5.74. The van der Waals surface area contributed by atoms with E-state index in [0.717, 1.165) is 32.5 Å². The van der Waals surface area contributed by atoms with Gasteiger partial charge in [-0.3, -0.25) is 4.79 Å². The van der Waals surface area contributed by atoms with Gasteiger partial charge in [-0.1, -0.05) is 30.3 Å². The van der Waals surface area contributed by atoms with E-state index in [0.29, 0.717) is 24.7 Å². The summed E-state index contributed by atoms with van der Waals surface area (Å²) < 4.78 is 0. The number of carbonyl (C=O) groups excluding carboxylic acids is 1. The number of piperazine rings is 1. The number of aryl methyl sites for hydroxylation is 1. The van der Waals surface area contributed by atoms with E-state index in [4.69, 9.17) is 0 Å². The Morgan fingerprint density at radius 3 is 2.70 bits per heavy atom. The number of benzene rings is 1. The van der Waals surface area contributed by atoms with Crippen LogP contribution in [-0.2, 0) is 11.2 Å². The third kappa shape index (κ3) is 4.73. The molecule has 1 fully saturated rings.